The molecule has 0 aliphatic carbocycles. The van der Waals surface area contributed by atoms with Crippen molar-refractivity contribution in [3.05, 3.63) is 0 Å². The minimum atomic E-state index is 0. The third-order valence-electron chi connectivity index (χ3n) is 1.14. The summed E-state index contributed by atoms with van der Waals surface area (Å²) in [6.07, 6.45) is 2.43. The quantitative estimate of drug-likeness (QED) is 0.621. The van der Waals surface area contributed by atoms with Crippen molar-refractivity contribution < 1.29 is 5.48 Å². The molecule has 0 aliphatic rings. The second kappa shape index (κ2) is 10.4. The van der Waals surface area contributed by atoms with Gasteiger partial charge in [0.2, 0.25) is 0 Å². The molecule has 0 heterocycles. The highest BCUT2D eigenvalue weighted by Crippen LogP contribution is 2.12. The molecule has 3 nitrogen and oxygen atoms in total. The zero-order valence-electron chi connectivity index (χ0n) is 7.25. The topological polar surface area (TPSA) is 47.1 Å². The van der Waals surface area contributed by atoms with Gasteiger partial charge in [-0.05, 0) is 22.2 Å². The molecule has 0 aromatic rings. The van der Waals surface area contributed by atoms with Crippen LogP contribution in [0.3, 0.4) is 0 Å². The van der Waals surface area contributed by atoms with Gasteiger partial charge in [0.25, 0.3) is 0 Å². The first-order valence-electron chi connectivity index (χ1n) is 3.70. The van der Waals surface area contributed by atoms with E-state index in [1.54, 1.807) is 0 Å². The van der Waals surface area contributed by atoms with E-state index >= 15 is 0 Å². The van der Waals surface area contributed by atoms with E-state index in [-0.39, 0.29) is 5.48 Å². The minimum Gasteiger partial charge on any atom is -0.412 e. The van der Waals surface area contributed by atoms with Crippen LogP contribution in [0.15, 0.2) is 4.52 Å². The van der Waals surface area contributed by atoms with Crippen molar-refractivity contribution in [1.82, 2.24) is 4.67 Å². The van der Waals surface area contributed by atoms with E-state index in [4.69, 9.17) is 0 Å². The Hall–Kier alpha value is 0.450. The Kier molecular flexibility index (Phi) is 13.3. The zero-order chi connectivity index (χ0) is 7.82. The summed E-state index contributed by atoms with van der Waals surface area (Å²) in [6, 6.07) is 0. The standard InChI is InChI=1S/C6H16N2P2.H2O/c1-3-5-8(6-4-2)10-7-9;/h3-6,9H2,1-2H3;1H2. The molecule has 0 fully saturated rings. The molecule has 0 amide bonds. The summed E-state index contributed by atoms with van der Waals surface area (Å²) >= 11 is 0. The van der Waals surface area contributed by atoms with Crippen molar-refractivity contribution in [3.8, 4) is 0 Å². The van der Waals surface area contributed by atoms with E-state index in [1.807, 2.05) is 0 Å². The Morgan fingerprint density at radius 3 is 2.00 bits per heavy atom. The second-order valence-electron chi connectivity index (χ2n) is 2.16. The highest BCUT2D eigenvalue weighted by Gasteiger charge is 1.96. The number of hydrogen-bond donors (Lipinski definition) is 0. The Morgan fingerprint density at radius 1 is 1.27 bits per heavy atom. The van der Waals surface area contributed by atoms with Crippen LogP contribution in [0.5, 0.6) is 0 Å². The van der Waals surface area contributed by atoms with Gasteiger partial charge in [0.1, 0.15) is 0 Å². The summed E-state index contributed by atoms with van der Waals surface area (Å²) in [4.78, 5) is 0. The lowest BCUT2D eigenvalue weighted by Crippen LogP contribution is -2.13. The lowest BCUT2D eigenvalue weighted by molar-refractivity contribution is 0.463. The van der Waals surface area contributed by atoms with Gasteiger partial charge < -0.3 is 5.48 Å². The van der Waals surface area contributed by atoms with Crippen LogP contribution in [0.4, 0.5) is 0 Å². The van der Waals surface area contributed by atoms with Gasteiger partial charge in [-0.1, -0.05) is 13.8 Å². The molecule has 0 aromatic carbocycles. The Labute approximate surface area is 73.1 Å². The first kappa shape index (κ1) is 14.0. The van der Waals surface area contributed by atoms with Crippen molar-refractivity contribution in [2.24, 2.45) is 4.52 Å². The molecule has 11 heavy (non-hydrogen) atoms. The van der Waals surface area contributed by atoms with Crippen LogP contribution in [0, 0.1) is 0 Å². The summed E-state index contributed by atoms with van der Waals surface area (Å²) < 4.78 is 6.31. The maximum atomic E-state index is 3.99. The summed E-state index contributed by atoms with van der Waals surface area (Å²) in [5.41, 5.74) is 0. The van der Waals surface area contributed by atoms with Crippen LogP contribution >= 0.6 is 17.9 Å². The normalized spacial score (nSPS) is 10.5. The SMILES string of the molecule is CCCN(CCC)P=NP.O. The molecular weight excluding hydrogens is 178 g/mol. The predicted molar refractivity (Wildman–Crippen MR) is 54.8 cm³/mol. The van der Waals surface area contributed by atoms with Crippen LogP contribution < -0.4 is 0 Å². The summed E-state index contributed by atoms with van der Waals surface area (Å²) in [6.45, 7) is 6.71. The van der Waals surface area contributed by atoms with E-state index in [0.29, 0.717) is 0 Å². The molecule has 1 atom stereocenters. The molecule has 0 radical (unpaired) electrons. The highest BCUT2D eigenvalue weighted by atomic mass is 31.1. The number of hydrogen-bond acceptors (Lipinski definition) is 1. The molecule has 68 valence electrons. The van der Waals surface area contributed by atoms with Crippen LogP contribution in [-0.2, 0) is 0 Å². The molecule has 0 aliphatic heterocycles. The predicted octanol–water partition coefficient (Wildman–Crippen LogP) is 2.12. The first-order chi connectivity index (χ1) is 4.85. The molecule has 5 heteroatoms. The monoisotopic (exact) mass is 196 g/mol. The molecular formula is C6H18N2OP2. The minimum absolute atomic E-state index is 0. The smallest absolute Gasteiger partial charge is 0.0968 e. The van der Waals surface area contributed by atoms with Crippen molar-refractivity contribution >= 4 is 17.9 Å². The lowest BCUT2D eigenvalue weighted by atomic mass is 10.4. The molecule has 0 rings (SSSR count). The van der Waals surface area contributed by atoms with E-state index in [0.717, 1.165) is 21.6 Å². The van der Waals surface area contributed by atoms with Gasteiger partial charge in [0.05, 0.1) is 8.52 Å². The third kappa shape index (κ3) is 8.36. The largest absolute Gasteiger partial charge is 0.412 e. The molecule has 0 saturated carbocycles. The Morgan fingerprint density at radius 2 is 1.73 bits per heavy atom. The second-order valence-corrected chi connectivity index (χ2v) is 3.83. The summed E-state index contributed by atoms with van der Waals surface area (Å²) in [5, 5.41) is 0. The highest BCUT2D eigenvalue weighted by molar-refractivity contribution is 7.33. The summed E-state index contributed by atoms with van der Waals surface area (Å²) in [5.74, 6) is 0. The van der Waals surface area contributed by atoms with E-state index < -0.39 is 0 Å². The van der Waals surface area contributed by atoms with Gasteiger partial charge in [-0.3, -0.25) is 0 Å². The van der Waals surface area contributed by atoms with Crippen LogP contribution in [0.2, 0.25) is 0 Å². The van der Waals surface area contributed by atoms with E-state index in [2.05, 4.69) is 32.4 Å². The number of rotatable bonds is 5. The van der Waals surface area contributed by atoms with E-state index in [1.165, 1.54) is 12.8 Å². The van der Waals surface area contributed by atoms with Gasteiger partial charge in [0, 0.05) is 13.1 Å². The molecule has 0 aromatic heterocycles. The van der Waals surface area contributed by atoms with E-state index in [9.17, 15) is 0 Å². The van der Waals surface area contributed by atoms with Gasteiger partial charge in [-0.15, -0.1) is 0 Å². The Bertz CT molecular complexity index is 94.6. The zero-order valence-corrected chi connectivity index (χ0v) is 9.30. The summed E-state index contributed by atoms with van der Waals surface area (Å²) in [7, 11) is 3.49. The van der Waals surface area contributed by atoms with Gasteiger partial charge in [0.15, 0.2) is 0 Å². The first-order valence-corrected chi connectivity index (χ1v) is 5.02. The van der Waals surface area contributed by atoms with Crippen LogP contribution in [0.25, 0.3) is 0 Å². The van der Waals surface area contributed by atoms with Crippen molar-refractivity contribution in [1.29, 1.82) is 0 Å². The van der Waals surface area contributed by atoms with Gasteiger partial charge in [-0.2, -0.15) is 0 Å². The molecule has 0 saturated heterocycles. The fourth-order valence-electron chi connectivity index (χ4n) is 0.791. The Balaban J connectivity index is 0. The van der Waals surface area contributed by atoms with Gasteiger partial charge >= 0.3 is 0 Å². The maximum Gasteiger partial charge on any atom is 0.0968 e. The van der Waals surface area contributed by atoms with Gasteiger partial charge in [-0.25, -0.2) is 9.19 Å². The average molecular weight is 196 g/mol. The van der Waals surface area contributed by atoms with Crippen molar-refractivity contribution in [2.45, 2.75) is 26.7 Å². The molecule has 2 N–H and O–H groups in total. The number of nitrogens with zero attached hydrogens (tertiary/aromatic N) is 2. The third-order valence-corrected chi connectivity index (χ3v) is 2.21. The van der Waals surface area contributed by atoms with Crippen molar-refractivity contribution in [2.75, 3.05) is 13.1 Å². The molecule has 0 bridgehead atoms. The maximum absolute atomic E-state index is 3.99. The average Bonchev–Trinajstić information content (AvgIpc) is 1.90. The van der Waals surface area contributed by atoms with Crippen LogP contribution in [0.1, 0.15) is 26.7 Å². The fraction of sp³-hybridized carbons (Fsp3) is 1.00. The fourth-order valence-corrected chi connectivity index (χ4v) is 1.95. The van der Waals surface area contributed by atoms with Crippen LogP contribution in [-0.4, -0.2) is 23.2 Å². The lowest BCUT2D eigenvalue weighted by Gasteiger charge is -2.12. The van der Waals surface area contributed by atoms with Crippen molar-refractivity contribution in [3.63, 3.8) is 0 Å². The molecule has 1 unspecified atom stereocenters. The molecule has 0 spiro atoms.